The molecule has 0 bridgehead atoms. The SMILES string of the molecule is CCOc1cc(NCCCOC)nc(C2CC2)n1. The number of hydrogen-bond donors (Lipinski definition) is 1. The van der Waals surface area contributed by atoms with Crippen molar-refractivity contribution in [3.05, 3.63) is 11.9 Å². The van der Waals surface area contributed by atoms with Gasteiger partial charge in [0, 0.05) is 32.2 Å². The van der Waals surface area contributed by atoms with E-state index in [1.165, 1.54) is 12.8 Å². The lowest BCUT2D eigenvalue weighted by Crippen LogP contribution is -2.08. The summed E-state index contributed by atoms with van der Waals surface area (Å²) in [5, 5.41) is 3.29. The highest BCUT2D eigenvalue weighted by Gasteiger charge is 2.27. The lowest BCUT2D eigenvalue weighted by Gasteiger charge is -2.09. The van der Waals surface area contributed by atoms with Gasteiger partial charge in [0.05, 0.1) is 6.61 Å². The minimum atomic E-state index is 0.532. The summed E-state index contributed by atoms with van der Waals surface area (Å²) in [6, 6.07) is 1.86. The zero-order valence-corrected chi connectivity index (χ0v) is 11.1. The molecule has 0 aliphatic heterocycles. The molecule has 0 saturated heterocycles. The molecule has 0 atom stereocenters. The van der Waals surface area contributed by atoms with E-state index in [9.17, 15) is 0 Å². The quantitative estimate of drug-likeness (QED) is 0.718. The maximum absolute atomic E-state index is 5.48. The van der Waals surface area contributed by atoms with Crippen LogP contribution in [0.25, 0.3) is 0 Å². The van der Waals surface area contributed by atoms with Crippen molar-refractivity contribution >= 4 is 5.82 Å². The Morgan fingerprint density at radius 2 is 2.22 bits per heavy atom. The largest absolute Gasteiger partial charge is 0.478 e. The Hall–Kier alpha value is -1.36. The Morgan fingerprint density at radius 3 is 2.89 bits per heavy atom. The third-order valence-electron chi connectivity index (χ3n) is 2.79. The Morgan fingerprint density at radius 1 is 1.39 bits per heavy atom. The average Bonchev–Trinajstić information content (AvgIpc) is 3.19. The molecule has 1 aliphatic carbocycles. The lowest BCUT2D eigenvalue weighted by molar-refractivity contribution is 0.197. The Balaban J connectivity index is 1.98. The van der Waals surface area contributed by atoms with E-state index in [4.69, 9.17) is 9.47 Å². The van der Waals surface area contributed by atoms with E-state index in [-0.39, 0.29) is 0 Å². The van der Waals surface area contributed by atoms with E-state index in [0.29, 0.717) is 18.4 Å². The van der Waals surface area contributed by atoms with Gasteiger partial charge in [-0.15, -0.1) is 0 Å². The van der Waals surface area contributed by atoms with Crippen molar-refractivity contribution in [1.29, 1.82) is 0 Å². The van der Waals surface area contributed by atoms with Crippen LogP contribution in [0.4, 0.5) is 5.82 Å². The molecule has 1 fully saturated rings. The zero-order valence-electron chi connectivity index (χ0n) is 11.1. The van der Waals surface area contributed by atoms with E-state index in [2.05, 4.69) is 15.3 Å². The fraction of sp³-hybridized carbons (Fsp3) is 0.692. The molecule has 0 aromatic carbocycles. The number of hydrogen-bond acceptors (Lipinski definition) is 5. The van der Waals surface area contributed by atoms with Crippen LogP contribution >= 0.6 is 0 Å². The van der Waals surface area contributed by atoms with Gasteiger partial charge >= 0.3 is 0 Å². The topological polar surface area (TPSA) is 56.3 Å². The summed E-state index contributed by atoms with van der Waals surface area (Å²) in [7, 11) is 1.71. The molecule has 1 aromatic heterocycles. The fourth-order valence-electron chi connectivity index (χ4n) is 1.71. The van der Waals surface area contributed by atoms with Gasteiger partial charge in [-0.3, -0.25) is 0 Å². The number of nitrogens with zero attached hydrogens (tertiary/aromatic N) is 2. The molecular weight excluding hydrogens is 230 g/mol. The summed E-state index contributed by atoms with van der Waals surface area (Å²) in [6.45, 7) is 4.20. The van der Waals surface area contributed by atoms with Crippen LogP contribution in [-0.2, 0) is 4.74 Å². The Bertz CT molecular complexity index is 380. The molecule has 0 spiro atoms. The maximum Gasteiger partial charge on any atom is 0.218 e. The van der Waals surface area contributed by atoms with Crippen LogP contribution in [-0.4, -0.2) is 36.8 Å². The monoisotopic (exact) mass is 251 g/mol. The van der Waals surface area contributed by atoms with Crippen molar-refractivity contribution in [2.75, 3.05) is 32.2 Å². The van der Waals surface area contributed by atoms with Crippen LogP contribution in [0.5, 0.6) is 5.88 Å². The summed E-state index contributed by atoms with van der Waals surface area (Å²) in [5.41, 5.74) is 0. The number of anilines is 1. The van der Waals surface area contributed by atoms with Crippen LogP contribution in [0.3, 0.4) is 0 Å². The summed E-state index contributed by atoms with van der Waals surface area (Å²) < 4.78 is 10.5. The van der Waals surface area contributed by atoms with Crippen LogP contribution in [0.2, 0.25) is 0 Å². The highest BCUT2D eigenvalue weighted by Crippen LogP contribution is 2.39. The predicted octanol–water partition coefficient (Wildman–Crippen LogP) is 2.20. The van der Waals surface area contributed by atoms with E-state index >= 15 is 0 Å². The minimum Gasteiger partial charge on any atom is -0.478 e. The van der Waals surface area contributed by atoms with Gasteiger partial charge in [0.15, 0.2) is 0 Å². The molecule has 18 heavy (non-hydrogen) atoms. The second kappa shape index (κ2) is 6.54. The summed E-state index contributed by atoms with van der Waals surface area (Å²) >= 11 is 0. The van der Waals surface area contributed by atoms with Gasteiger partial charge in [0.25, 0.3) is 0 Å². The molecule has 1 heterocycles. The van der Waals surface area contributed by atoms with Crippen molar-refractivity contribution in [2.24, 2.45) is 0 Å². The van der Waals surface area contributed by atoms with Crippen molar-refractivity contribution in [3.63, 3.8) is 0 Å². The smallest absolute Gasteiger partial charge is 0.218 e. The molecule has 5 heteroatoms. The molecule has 0 amide bonds. The highest BCUT2D eigenvalue weighted by atomic mass is 16.5. The van der Waals surface area contributed by atoms with Crippen molar-refractivity contribution < 1.29 is 9.47 Å². The van der Waals surface area contributed by atoms with Crippen molar-refractivity contribution in [2.45, 2.75) is 32.1 Å². The molecule has 0 unspecified atom stereocenters. The molecule has 100 valence electrons. The van der Waals surface area contributed by atoms with Gasteiger partial charge in [-0.2, -0.15) is 4.98 Å². The predicted molar refractivity (Wildman–Crippen MR) is 70.2 cm³/mol. The lowest BCUT2D eigenvalue weighted by atomic mass is 10.3. The van der Waals surface area contributed by atoms with Gasteiger partial charge in [-0.1, -0.05) is 0 Å². The summed E-state index contributed by atoms with van der Waals surface area (Å²) in [5.74, 6) is 2.97. The fourth-order valence-corrected chi connectivity index (χ4v) is 1.71. The molecule has 1 aromatic rings. The second-order valence-corrected chi connectivity index (χ2v) is 4.43. The first-order chi connectivity index (χ1) is 8.83. The number of aromatic nitrogens is 2. The highest BCUT2D eigenvalue weighted by molar-refractivity contribution is 5.39. The molecule has 2 rings (SSSR count). The summed E-state index contributed by atoms with van der Waals surface area (Å²) in [6.07, 6.45) is 3.35. The normalized spacial score (nSPS) is 14.6. The minimum absolute atomic E-state index is 0.532. The van der Waals surface area contributed by atoms with Gasteiger partial charge in [-0.05, 0) is 26.2 Å². The Labute approximate surface area is 108 Å². The van der Waals surface area contributed by atoms with Gasteiger partial charge in [-0.25, -0.2) is 4.98 Å². The van der Waals surface area contributed by atoms with Crippen LogP contribution in [0, 0.1) is 0 Å². The number of nitrogens with one attached hydrogen (secondary N) is 1. The number of ether oxygens (including phenoxy) is 2. The third-order valence-corrected chi connectivity index (χ3v) is 2.79. The average molecular weight is 251 g/mol. The van der Waals surface area contributed by atoms with Crippen molar-refractivity contribution in [1.82, 2.24) is 9.97 Å². The van der Waals surface area contributed by atoms with Crippen LogP contribution in [0.1, 0.15) is 37.9 Å². The van der Waals surface area contributed by atoms with Gasteiger partial charge in [0.1, 0.15) is 11.6 Å². The van der Waals surface area contributed by atoms with Crippen LogP contribution in [0.15, 0.2) is 6.07 Å². The van der Waals surface area contributed by atoms with E-state index < -0.39 is 0 Å². The van der Waals surface area contributed by atoms with E-state index in [1.54, 1.807) is 7.11 Å². The standard InChI is InChI=1S/C13H21N3O2/c1-3-18-12-9-11(14-7-4-8-17-2)15-13(16-12)10-5-6-10/h9-10H,3-8H2,1-2H3,(H,14,15,16). The van der Waals surface area contributed by atoms with E-state index in [0.717, 1.165) is 31.2 Å². The molecule has 5 nitrogen and oxygen atoms in total. The zero-order chi connectivity index (χ0) is 12.8. The van der Waals surface area contributed by atoms with Crippen molar-refractivity contribution in [3.8, 4) is 5.88 Å². The first-order valence-electron chi connectivity index (χ1n) is 6.58. The summed E-state index contributed by atoms with van der Waals surface area (Å²) in [4.78, 5) is 8.96. The van der Waals surface area contributed by atoms with E-state index in [1.807, 2.05) is 13.0 Å². The van der Waals surface area contributed by atoms with Gasteiger partial charge in [0.2, 0.25) is 5.88 Å². The second-order valence-electron chi connectivity index (χ2n) is 4.43. The first kappa shape index (κ1) is 13.1. The molecule has 1 saturated carbocycles. The maximum atomic E-state index is 5.48. The first-order valence-corrected chi connectivity index (χ1v) is 6.58. The van der Waals surface area contributed by atoms with Crippen LogP contribution < -0.4 is 10.1 Å². The number of rotatable bonds is 8. The Kier molecular flexibility index (Phi) is 4.75. The third kappa shape index (κ3) is 3.84. The molecular formula is C13H21N3O2. The van der Waals surface area contributed by atoms with Gasteiger partial charge < -0.3 is 14.8 Å². The number of methoxy groups -OCH3 is 1. The molecule has 1 N–H and O–H groups in total. The molecule has 1 aliphatic rings. The molecule has 0 radical (unpaired) electrons.